The van der Waals surface area contributed by atoms with Gasteiger partial charge >= 0.3 is 11.9 Å². The molecule has 0 aliphatic carbocycles. The number of carbonyl (C=O) groups excluding carboxylic acids is 2. The highest BCUT2D eigenvalue weighted by Gasteiger charge is 2.39. The zero-order chi connectivity index (χ0) is 28.8. The Kier molecular flexibility index (Phi) is 8.80. The van der Waals surface area contributed by atoms with Crippen molar-refractivity contribution in [2.24, 2.45) is 0 Å². The zero-order valence-corrected chi connectivity index (χ0v) is 22.8. The number of methoxy groups -OCH3 is 1. The molecule has 0 fully saturated rings. The zero-order valence-electron chi connectivity index (χ0n) is 22.1. The van der Waals surface area contributed by atoms with E-state index in [1.165, 1.54) is 19.2 Å². The van der Waals surface area contributed by atoms with Crippen molar-refractivity contribution in [3.8, 4) is 0 Å². The quantitative estimate of drug-likeness (QED) is 0.215. The number of aromatic nitrogens is 2. The number of benzene rings is 2. The maximum Gasteiger partial charge on any atom is 0.337 e. The van der Waals surface area contributed by atoms with Gasteiger partial charge in [0.1, 0.15) is 11.6 Å². The van der Waals surface area contributed by atoms with Crippen LogP contribution in [-0.2, 0) is 25.6 Å². The van der Waals surface area contributed by atoms with Crippen molar-refractivity contribution >= 4 is 35.3 Å². The molecule has 1 aliphatic heterocycles. The van der Waals surface area contributed by atoms with Crippen LogP contribution in [0.25, 0.3) is 6.08 Å². The van der Waals surface area contributed by atoms with E-state index in [1.807, 2.05) is 41.1 Å². The molecule has 40 heavy (non-hydrogen) atoms. The second-order valence-electron chi connectivity index (χ2n) is 9.04. The van der Waals surface area contributed by atoms with Crippen LogP contribution < -0.4 is 5.32 Å². The third-order valence-electron chi connectivity index (χ3n) is 6.43. The normalized spacial score (nSPS) is 15.2. The van der Waals surface area contributed by atoms with E-state index >= 15 is 0 Å². The number of hydrogen-bond acceptors (Lipinski definition) is 8. The van der Waals surface area contributed by atoms with Crippen molar-refractivity contribution < 1.29 is 24.0 Å². The minimum absolute atomic E-state index is 0.0436. The molecule has 1 aliphatic rings. The molecule has 0 saturated carbocycles. The second-order valence-corrected chi connectivity index (χ2v) is 9.42. The predicted molar refractivity (Wildman–Crippen MR) is 149 cm³/mol. The molecular formula is C29H27ClN4O6. The number of imidazole rings is 1. The number of carbonyl (C=O) groups is 2. The number of dihydropyridines is 1. The molecule has 2 heterocycles. The maximum absolute atomic E-state index is 13.4. The fourth-order valence-electron chi connectivity index (χ4n) is 4.57. The van der Waals surface area contributed by atoms with Gasteiger partial charge in [-0.05, 0) is 36.6 Å². The fraction of sp³-hybridized carbons (Fsp3) is 0.207. The average Bonchev–Trinajstić information content (AvgIpc) is 3.44. The van der Waals surface area contributed by atoms with E-state index in [4.69, 9.17) is 21.1 Å². The number of allylic oxidation sites excluding steroid dienone is 2. The van der Waals surface area contributed by atoms with E-state index in [-0.39, 0.29) is 34.0 Å². The van der Waals surface area contributed by atoms with Crippen LogP contribution in [0.1, 0.15) is 36.5 Å². The van der Waals surface area contributed by atoms with Gasteiger partial charge in [0.15, 0.2) is 0 Å². The molecule has 10 nitrogen and oxygen atoms in total. The Morgan fingerprint density at radius 2 is 1.82 bits per heavy atom. The number of esters is 2. The Bertz CT molecular complexity index is 1520. The molecule has 1 unspecified atom stereocenters. The lowest BCUT2D eigenvalue weighted by Gasteiger charge is -2.30. The smallest absolute Gasteiger partial charge is 0.337 e. The SMILES string of the molecule is COC(=O)C1=C(C)NC(C)=C(C(=O)OCC=Cc2ccc(Cn3ccnc3)cc2)C1c1cccc([N+](=O)[O-])c1Cl. The minimum Gasteiger partial charge on any atom is -0.466 e. The molecule has 1 N–H and O–H groups in total. The summed E-state index contributed by atoms with van der Waals surface area (Å²) in [7, 11) is 1.22. The summed E-state index contributed by atoms with van der Waals surface area (Å²) in [5.74, 6) is -2.45. The lowest BCUT2D eigenvalue weighted by molar-refractivity contribution is -0.384. The number of nitrogens with one attached hydrogen (secondary N) is 1. The Balaban J connectivity index is 1.54. The first-order chi connectivity index (χ1) is 19.2. The van der Waals surface area contributed by atoms with Crippen LogP contribution in [0.5, 0.6) is 0 Å². The number of rotatable bonds is 9. The first-order valence-corrected chi connectivity index (χ1v) is 12.7. The van der Waals surface area contributed by atoms with Gasteiger partial charge in [-0.2, -0.15) is 0 Å². The molecule has 0 bridgehead atoms. The Morgan fingerprint density at radius 3 is 2.45 bits per heavy atom. The van der Waals surface area contributed by atoms with E-state index in [9.17, 15) is 19.7 Å². The van der Waals surface area contributed by atoms with Gasteiger partial charge in [0.25, 0.3) is 5.69 Å². The molecule has 206 valence electrons. The second kappa shape index (κ2) is 12.4. The van der Waals surface area contributed by atoms with Crippen molar-refractivity contribution in [3.63, 3.8) is 0 Å². The Labute approximate surface area is 235 Å². The molecule has 11 heteroatoms. The number of hydrogen-bond donors (Lipinski definition) is 1. The van der Waals surface area contributed by atoms with Gasteiger partial charge in [0.05, 0.1) is 35.4 Å². The molecule has 1 atom stereocenters. The van der Waals surface area contributed by atoms with Gasteiger partial charge in [0, 0.05) is 36.4 Å². The van der Waals surface area contributed by atoms with Crippen molar-refractivity contribution in [3.05, 3.63) is 122 Å². The first kappa shape index (κ1) is 28.3. The standard InChI is InChI=1S/C29H27ClN4O6/c1-18-24(28(35)39-3)26(22-7-4-8-23(27(22)30)34(37)38)25(19(2)32-18)29(36)40-15-5-6-20-9-11-21(12-10-20)16-33-14-13-31-17-33/h4-14,17,26,32H,15-16H2,1-3H3. The van der Waals surface area contributed by atoms with Crippen LogP contribution in [0.2, 0.25) is 5.02 Å². The van der Waals surface area contributed by atoms with Gasteiger partial charge in [-0.25, -0.2) is 14.6 Å². The van der Waals surface area contributed by atoms with Gasteiger partial charge in [0.2, 0.25) is 0 Å². The highest BCUT2D eigenvalue weighted by Crippen LogP contribution is 2.44. The molecule has 2 aromatic carbocycles. The lowest BCUT2D eigenvalue weighted by atomic mass is 9.80. The third kappa shape index (κ3) is 6.13. The summed E-state index contributed by atoms with van der Waals surface area (Å²) in [5, 5.41) is 14.4. The number of ether oxygens (including phenoxy) is 2. The third-order valence-corrected chi connectivity index (χ3v) is 6.84. The van der Waals surface area contributed by atoms with Gasteiger partial charge in [-0.3, -0.25) is 10.1 Å². The van der Waals surface area contributed by atoms with Crippen molar-refractivity contribution in [1.82, 2.24) is 14.9 Å². The lowest BCUT2D eigenvalue weighted by Crippen LogP contribution is -2.32. The Morgan fingerprint density at radius 1 is 1.12 bits per heavy atom. The van der Waals surface area contributed by atoms with Gasteiger partial charge in [-0.1, -0.05) is 54.1 Å². The van der Waals surface area contributed by atoms with Crippen LogP contribution in [0, 0.1) is 10.1 Å². The highest BCUT2D eigenvalue weighted by molar-refractivity contribution is 6.33. The largest absolute Gasteiger partial charge is 0.466 e. The van der Waals surface area contributed by atoms with Crippen molar-refractivity contribution in [2.75, 3.05) is 13.7 Å². The van der Waals surface area contributed by atoms with Crippen LogP contribution >= 0.6 is 11.6 Å². The first-order valence-electron chi connectivity index (χ1n) is 12.3. The summed E-state index contributed by atoms with van der Waals surface area (Å²) in [6.07, 6.45) is 8.90. The average molecular weight is 563 g/mol. The van der Waals surface area contributed by atoms with Crippen LogP contribution in [0.15, 0.2) is 89.8 Å². The van der Waals surface area contributed by atoms with Gasteiger partial charge in [-0.15, -0.1) is 0 Å². The molecule has 4 rings (SSSR count). The number of nitro groups is 1. The summed E-state index contributed by atoms with van der Waals surface area (Å²) in [5.41, 5.74) is 2.99. The molecule has 1 aromatic heterocycles. The highest BCUT2D eigenvalue weighted by atomic mass is 35.5. The van der Waals surface area contributed by atoms with Crippen molar-refractivity contribution in [2.45, 2.75) is 26.3 Å². The number of nitro benzene ring substituents is 1. The summed E-state index contributed by atoms with van der Waals surface area (Å²) in [6.45, 7) is 3.98. The summed E-state index contributed by atoms with van der Waals surface area (Å²) >= 11 is 6.43. The molecule has 0 spiro atoms. The summed E-state index contributed by atoms with van der Waals surface area (Å²) in [4.78, 5) is 41.2. The molecule has 0 amide bonds. The number of nitrogens with zero attached hydrogens (tertiary/aromatic N) is 3. The molecule has 0 radical (unpaired) electrons. The predicted octanol–water partition coefficient (Wildman–Crippen LogP) is 5.16. The molecular weight excluding hydrogens is 536 g/mol. The fourth-order valence-corrected chi connectivity index (χ4v) is 4.87. The molecule has 3 aromatic rings. The van der Waals surface area contributed by atoms with E-state index in [1.54, 1.807) is 38.5 Å². The Hall–Kier alpha value is -4.70. The minimum atomic E-state index is -1.04. The van der Waals surface area contributed by atoms with E-state index in [0.717, 1.165) is 11.1 Å². The monoisotopic (exact) mass is 562 g/mol. The van der Waals surface area contributed by atoms with Crippen LogP contribution in [-0.4, -0.2) is 40.1 Å². The van der Waals surface area contributed by atoms with Gasteiger partial charge < -0.3 is 19.4 Å². The summed E-state index contributed by atoms with van der Waals surface area (Å²) < 4.78 is 12.5. The van der Waals surface area contributed by atoms with E-state index < -0.39 is 22.8 Å². The number of halogens is 1. The van der Waals surface area contributed by atoms with E-state index in [2.05, 4.69) is 10.3 Å². The maximum atomic E-state index is 13.4. The topological polar surface area (TPSA) is 126 Å². The summed E-state index contributed by atoms with van der Waals surface area (Å²) in [6, 6.07) is 12.2. The van der Waals surface area contributed by atoms with E-state index in [0.29, 0.717) is 17.9 Å². The van der Waals surface area contributed by atoms with Crippen LogP contribution in [0.3, 0.4) is 0 Å². The van der Waals surface area contributed by atoms with Crippen molar-refractivity contribution in [1.29, 1.82) is 0 Å². The van der Waals surface area contributed by atoms with Crippen LogP contribution in [0.4, 0.5) is 5.69 Å². The molecule has 0 saturated heterocycles.